The average molecular weight is 351 g/mol. The molecule has 0 aliphatic rings. The highest BCUT2D eigenvalue weighted by Gasteiger charge is 2.04. The number of nitrogens with zero attached hydrogens (tertiary/aromatic N) is 2. The lowest BCUT2D eigenvalue weighted by atomic mass is 10.2. The van der Waals surface area contributed by atoms with Crippen molar-refractivity contribution in [3.63, 3.8) is 0 Å². The maximum atomic E-state index is 11.4. The molecule has 112 valence electrons. The van der Waals surface area contributed by atoms with Gasteiger partial charge in [-0.2, -0.15) is 0 Å². The van der Waals surface area contributed by atoms with Gasteiger partial charge < -0.3 is 15.2 Å². The van der Waals surface area contributed by atoms with Crippen LogP contribution in [0.25, 0.3) is 0 Å². The van der Waals surface area contributed by atoms with Gasteiger partial charge in [-0.05, 0) is 41.5 Å². The number of hydrogen-bond acceptors (Lipinski definition) is 4. The van der Waals surface area contributed by atoms with Crippen LogP contribution in [0.1, 0.15) is 12.0 Å². The molecule has 0 spiro atoms. The van der Waals surface area contributed by atoms with Gasteiger partial charge in [0.25, 0.3) is 5.56 Å². The molecule has 21 heavy (non-hydrogen) atoms. The number of aromatic nitrogens is 2. The normalized spacial score (nSPS) is 10.8. The first kappa shape index (κ1) is 15.7. The number of benzene rings is 1. The molecule has 1 heterocycles. The monoisotopic (exact) mass is 350 g/mol. The number of hydrogen-bond donors (Lipinski definition) is 2. The third-order valence-corrected chi connectivity index (χ3v) is 3.84. The Hall–Kier alpha value is -1.66. The second-order valence-electron chi connectivity index (χ2n) is 4.90. The van der Waals surface area contributed by atoms with Crippen LogP contribution in [-0.4, -0.2) is 35.0 Å². The Morgan fingerprint density at radius 3 is 2.86 bits per heavy atom. The molecule has 0 saturated carbocycles. The Morgan fingerprint density at radius 2 is 2.10 bits per heavy atom. The summed E-state index contributed by atoms with van der Waals surface area (Å²) in [4.78, 5) is 20.3. The SMILES string of the molecule is CN(CCCNc1nc[nH]c(=O)c1Br)Cc1ccccc1. The van der Waals surface area contributed by atoms with Gasteiger partial charge in [-0.1, -0.05) is 30.3 Å². The summed E-state index contributed by atoms with van der Waals surface area (Å²) in [6.07, 6.45) is 2.38. The van der Waals surface area contributed by atoms with E-state index in [1.165, 1.54) is 11.9 Å². The Balaban J connectivity index is 1.72. The van der Waals surface area contributed by atoms with E-state index in [4.69, 9.17) is 0 Å². The molecule has 0 fully saturated rings. The van der Waals surface area contributed by atoms with Crippen molar-refractivity contribution in [1.82, 2.24) is 14.9 Å². The summed E-state index contributed by atoms with van der Waals surface area (Å²) >= 11 is 3.23. The topological polar surface area (TPSA) is 61.0 Å². The van der Waals surface area contributed by atoms with E-state index < -0.39 is 0 Å². The van der Waals surface area contributed by atoms with E-state index >= 15 is 0 Å². The fourth-order valence-electron chi connectivity index (χ4n) is 2.04. The second kappa shape index (κ2) is 7.95. The molecule has 0 unspecified atom stereocenters. The van der Waals surface area contributed by atoms with E-state index in [1.54, 1.807) is 0 Å². The lowest BCUT2D eigenvalue weighted by Gasteiger charge is -2.17. The molecule has 1 aromatic carbocycles. The minimum atomic E-state index is -0.173. The van der Waals surface area contributed by atoms with Crippen LogP contribution in [0.4, 0.5) is 5.82 Å². The Bertz CT molecular complexity index is 615. The van der Waals surface area contributed by atoms with Crippen molar-refractivity contribution in [1.29, 1.82) is 0 Å². The van der Waals surface area contributed by atoms with Gasteiger partial charge in [0.1, 0.15) is 10.3 Å². The predicted molar refractivity (Wildman–Crippen MR) is 88.4 cm³/mol. The van der Waals surface area contributed by atoms with Crippen LogP contribution in [0.3, 0.4) is 0 Å². The predicted octanol–water partition coefficient (Wildman–Crippen LogP) is 2.47. The van der Waals surface area contributed by atoms with Crippen LogP contribution in [-0.2, 0) is 6.54 Å². The van der Waals surface area contributed by atoms with Crippen molar-refractivity contribution in [2.75, 3.05) is 25.5 Å². The smallest absolute Gasteiger partial charge is 0.267 e. The number of aromatic amines is 1. The van der Waals surface area contributed by atoms with Gasteiger partial charge in [0.2, 0.25) is 0 Å². The van der Waals surface area contributed by atoms with E-state index in [-0.39, 0.29) is 5.56 Å². The van der Waals surface area contributed by atoms with Gasteiger partial charge in [-0.25, -0.2) is 4.98 Å². The Morgan fingerprint density at radius 1 is 1.33 bits per heavy atom. The van der Waals surface area contributed by atoms with Crippen molar-refractivity contribution in [3.8, 4) is 0 Å². The maximum Gasteiger partial charge on any atom is 0.267 e. The molecule has 0 radical (unpaired) electrons. The van der Waals surface area contributed by atoms with E-state index in [9.17, 15) is 4.79 Å². The summed E-state index contributed by atoms with van der Waals surface area (Å²) < 4.78 is 0.447. The van der Waals surface area contributed by atoms with E-state index in [2.05, 4.69) is 67.4 Å². The van der Waals surface area contributed by atoms with Crippen LogP contribution in [0, 0.1) is 0 Å². The molecule has 0 amide bonds. The van der Waals surface area contributed by atoms with Gasteiger partial charge in [-0.15, -0.1) is 0 Å². The minimum Gasteiger partial charge on any atom is -0.369 e. The van der Waals surface area contributed by atoms with Crippen LogP contribution in [0.5, 0.6) is 0 Å². The third-order valence-electron chi connectivity index (χ3n) is 3.10. The summed E-state index contributed by atoms with van der Waals surface area (Å²) in [6, 6.07) is 10.4. The van der Waals surface area contributed by atoms with Crippen molar-refractivity contribution in [2.45, 2.75) is 13.0 Å². The largest absolute Gasteiger partial charge is 0.369 e. The first-order valence-electron chi connectivity index (χ1n) is 6.86. The van der Waals surface area contributed by atoms with Crippen molar-refractivity contribution >= 4 is 21.7 Å². The number of halogens is 1. The zero-order valence-electron chi connectivity index (χ0n) is 12.0. The molecule has 0 saturated heterocycles. The van der Waals surface area contributed by atoms with Crippen LogP contribution < -0.4 is 10.9 Å². The summed E-state index contributed by atoms with van der Waals surface area (Å²) in [5.41, 5.74) is 1.14. The zero-order chi connectivity index (χ0) is 15.1. The lowest BCUT2D eigenvalue weighted by Crippen LogP contribution is -2.21. The maximum absolute atomic E-state index is 11.4. The Kier molecular flexibility index (Phi) is 5.95. The molecule has 0 aliphatic heterocycles. The number of nitrogens with one attached hydrogen (secondary N) is 2. The van der Waals surface area contributed by atoms with Crippen LogP contribution >= 0.6 is 15.9 Å². The summed E-state index contributed by atoms with van der Waals surface area (Å²) in [5, 5.41) is 3.17. The molecule has 0 aliphatic carbocycles. The highest BCUT2D eigenvalue weighted by Crippen LogP contribution is 2.12. The average Bonchev–Trinajstić information content (AvgIpc) is 2.49. The summed E-state index contributed by atoms with van der Waals surface area (Å²) in [6.45, 7) is 2.69. The summed E-state index contributed by atoms with van der Waals surface area (Å²) in [5.74, 6) is 0.587. The first-order valence-corrected chi connectivity index (χ1v) is 7.65. The molecule has 2 rings (SSSR count). The van der Waals surface area contributed by atoms with Crippen molar-refractivity contribution in [3.05, 3.63) is 57.0 Å². The van der Waals surface area contributed by atoms with Gasteiger partial charge in [0.05, 0.1) is 6.33 Å². The molecule has 0 bridgehead atoms. The fraction of sp³-hybridized carbons (Fsp3) is 0.333. The van der Waals surface area contributed by atoms with Gasteiger partial charge in [0.15, 0.2) is 0 Å². The number of rotatable bonds is 7. The molecule has 2 N–H and O–H groups in total. The van der Waals surface area contributed by atoms with Gasteiger partial charge in [0, 0.05) is 13.1 Å². The fourth-order valence-corrected chi connectivity index (χ4v) is 2.39. The van der Waals surface area contributed by atoms with E-state index in [1.807, 2.05) is 6.07 Å². The number of H-pyrrole nitrogens is 1. The quantitative estimate of drug-likeness (QED) is 0.753. The molecular formula is C15H19BrN4O. The second-order valence-corrected chi connectivity index (χ2v) is 5.69. The molecular weight excluding hydrogens is 332 g/mol. The van der Waals surface area contributed by atoms with E-state index in [0.717, 1.165) is 26.1 Å². The lowest BCUT2D eigenvalue weighted by molar-refractivity contribution is 0.325. The minimum absolute atomic E-state index is 0.173. The molecule has 2 aromatic rings. The Labute approximate surface area is 132 Å². The molecule has 0 atom stereocenters. The summed E-state index contributed by atoms with van der Waals surface area (Å²) in [7, 11) is 2.11. The number of anilines is 1. The standard InChI is InChI=1S/C15H19BrN4O/c1-20(10-12-6-3-2-4-7-12)9-5-8-17-14-13(16)15(21)19-11-18-14/h2-4,6-7,11H,5,8-10H2,1H3,(H2,17,18,19,21). The molecule has 1 aromatic heterocycles. The first-order chi connectivity index (χ1) is 10.2. The highest BCUT2D eigenvalue weighted by atomic mass is 79.9. The van der Waals surface area contributed by atoms with Gasteiger partial charge in [-0.3, -0.25) is 4.79 Å². The highest BCUT2D eigenvalue weighted by molar-refractivity contribution is 9.10. The van der Waals surface area contributed by atoms with Crippen molar-refractivity contribution in [2.24, 2.45) is 0 Å². The van der Waals surface area contributed by atoms with Crippen LogP contribution in [0.15, 0.2) is 45.9 Å². The van der Waals surface area contributed by atoms with E-state index in [0.29, 0.717) is 10.3 Å². The van der Waals surface area contributed by atoms with Gasteiger partial charge >= 0.3 is 0 Å². The van der Waals surface area contributed by atoms with Crippen molar-refractivity contribution < 1.29 is 0 Å². The molecule has 5 nitrogen and oxygen atoms in total. The zero-order valence-corrected chi connectivity index (χ0v) is 13.6. The molecule has 6 heteroatoms. The van der Waals surface area contributed by atoms with Crippen LogP contribution in [0.2, 0.25) is 0 Å². The third kappa shape index (κ3) is 4.99.